The molecule has 20 heavy (non-hydrogen) atoms. The van der Waals surface area contributed by atoms with E-state index in [1.165, 1.54) is 0 Å². The van der Waals surface area contributed by atoms with Crippen molar-refractivity contribution in [1.82, 2.24) is 0 Å². The molecule has 0 aliphatic heterocycles. The summed E-state index contributed by atoms with van der Waals surface area (Å²) in [5, 5.41) is 2.63. The zero-order valence-corrected chi connectivity index (χ0v) is 11.0. The number of ketones is 1. The first-order valence-electron chi connectivity index (χ1n) is 6.43. The third-order valence-corrected chi connectivity index (χ3v) is 3.27. The molecule has 4 nitrogen and oxygen atoms in total. The van der Waals surface area contributed by atoms with Gasteiger partial charge in [0, 0.05) is 5.56 Å². The van der Waals surface area contributed by atoms with Crippen LogP contribution in [0.3, 0.4) is 0 Å². The number of hydrogen-bond acceptors (Lipinski definition) is 3. The lowest BCUT2D eigenvalue weighted by Crippen LogP contribution is -2.15. The molecule has 0 atom stereocenters. The molecule has 100 valence electrons. The van der Waals surface area contributed by atoms with Gasteiger partial charge in [0.05, 0.1) is 17.9 Å². The van der Waals surface area contributed by atoms with Gasteiger partial charge in [-0.25, -0.2) is 4.79 Å². The molecule has 1 aliphatic rings. The zero-order valence-electron chi connectivity index (χ0n) is 11.0. The first kappa shape index (κ1) is 12.4. The van der Waals surface area contributed by atoms with Crippen molar-refractivity contribution in [2.24, 2.45) is 0 Å². The molecule has 2 aromatic rings. The van der Waals surface area contributed by atoms with Gasteiger partial charge >= 0.3 is 6.09 Å². The Balaban J connectivity index is 2.06. The Labute approximate surface area is 116 Å². The van der Waals surface area contributed by atoms with Crippen LogP contribution in [0.4, 0.5) is 10.5 Å². The highest BCUT2D eigenvalue weighted by Gasteiger charge is 2.29. The maximum atomic E-state index is 12.5. The number of anilines is 1. The van der Waals surface area contributed by atoms with Gasteiger partial charge in [-0.2, -0.15) is 0 Å². The van der Waals surface area contributed by atoms with Gasteiger partial charge in [-0.05, 0) is 24.1 Å². The fourth-order valence-electron chi connectivity index (χ4n) is 2.45. The van der Waals surface area contributed by atoms with Crippen LogP contribution in [-0.2, 0) is 4.74 Å². The van der Waals surface area contributed by atoms with E-state index in [4.69, 9.17) is 4.74 Å². The number of hydrogen-bond donors (Lipinski definition) is 1. The molecule has 0 saturated heterocycles. The van der Waals surface area contributed by atoms with Crippen LogP contribution in [0.25, 0.3) is 11.1 Å². The summed E-state index contributed by atoms with van der Waals surface area (Å²) in [5.74, 6) is -0.0667. The number of ether oxygens (including phenoxy) is 1. The van der Waals surface area contributed by atoms with Crippen LogP contribution >= 0.6 is 0 Å². The summed E-state index contributed by atoms with van der Waals surface area (Å²) >= 11 is 0. The first-order valence-corrected chi connectivity index (χ1v) is 6.43. The van der Waals surface area contributed by atoms with Crippen molar-refractivity contribution >= 4 is 17.6 Å². The van der Waals surface area contributed by atoms with E-state index in [1.807, 2.05) is 30.3 Å². The van der Waals surface area contributed by atoms with Crippen molar-refractivity contribution < 1.29 is 14.3 Å². The normalized spacial score (nSPS) is 11.8. The van der Waals surface area contributed by atoms with E-state index in [9.17, 15) is 9.59 Å². The van der Waals surface area contributed by atoms with Crippen LogP contribution in [0.1, 0.15) is 22.8 Å². The summed E-state index contributed by atoms with van der Waals surface area (Å²) in [6.07, 6.45) is -0.551. The maximum absolute atomic E-state index is 12.5. The highest BCUT2D eigenvalue weighted by molar-refractivity contribution is 6.25. The molecular formula is C16H13NO3. The molecule has 0 saturated carbocycles. The Kier molecular flexibility index (Phi) is 2.99. The Bertz CT molecular complexity index is 707. The minimum atomic E-state index is -0.551. The minimum Gasteiger partial charge on any atom is -0.450 e. The maximum Gasteiger partial charge on any atom is 0.411 e. The van der Waals surface area contributed by atoms with E-state index in [0.717, 1.165) is 11.1 Å². The lowest BCUT2D eigenvalue weighted by Gasteiger charge is -2.09. The number of amides is 1. The molecule has 0 heterocycles. The molecule has 1 N–H and O–H groups in total. The SMILES string of the molecule is CCOC(=O)Nc1cccc2c1C(=O)c1ccccc1-2. The molecule has 1 aliphatic carbocycles. The molecule has 0 radical (unpaired) electrons. The molecule has 2 aromatic carbocycles. The van der Waals surface area contributed by atoms with Gasteiger partial charge in [0.15, 0.2) is 5.78 Å². The third kappa shape index (κ3) is 1.86. The van der Waals surface area contributed by atoms with Crippen molar-refractivity contribution in [3.05, 3.63) is 53.6 Å². The van der Waals surface area contributed by atoms with Crippen molar-refractivity contribution in [2.45, 2.75) is 6.92 Å². The quantitative estimate of drug-likeness (QED) is 0.773. The second-order valence-corrected chi connectivity index (χ2v) is 4.45. The fourth-order valence-corrected chi connectivity index (χ4v) is 2.45. The number of rotatable bonds is 2. The first-order chi connectivity index (χ1) is 9.72. The lowest BCUT2D eigenvalue weighted by molar-refractivity contribution is 0.104. The van der Waals surface area contributed by atoms with E-state index in [0.29, 0.717) is 16.8 Å². The van der Waals surface area contributed by atoms with Crippen LogP contribution in [0.15, 0.2) is 42.5 Å². The van der Waals surface area contributed by atoms with Crippen LogP contribution < -0.4 is 5.32 Å². The van der Waals surface area contributed by atoms with E-state index in [-0.39, 0.29) is 12.4 Å². The van der Waals surface area contributed by atoms with Crippen LogP contribution in [0, 0.1) is 0 Å². The Morgan fingerprint density at radius 3 is 2.50 bits per heavy atom. The molecule has 4 heteroatoms. The van der Waals surface area contributed by atoms with Gasteiger partial charge in [0.1, 0.15) is 0 Å². The average Bonchev–Trinajstić information content (AvgIpc) is 2.74. The van der Waals surface area contributed by atoms with Gasteiger partial charge in [-0.1, -0.05) is 36.4 Å². The fraction of sp³-hybridized carbons (Fsp3) is 0.125. The van der Waals surface area contributed by atoms with Gasteiger partial charge in [0.2, 0.25) is 0 Å². The zero-order chi connectivity index (χ0) is 14.1. The third-order valence-electron chi connectivity index (χ3n) is 3.27. The average molecular weight is 267 g/mol. The minimum absolute atomic E-state index is 0.0667. The largest absolute Gasteiger partial charge is 0.450 e. The number of fused-ring (bicyclic) bond motifs is 3. The predicted octanol–water partition coefficient (Wildman–Crippen LogP) is 3.47. The Hall–Kier alpha value is -2.62. The highest BCUT2D eigenvalue weighted by atomic mass is 16.5. The van der Waals surface area contributed by atoms with Gasteiger partial charge in [-0.3, -0.25) is 10.1 Å². The van der Waals surface area contributed by atoms with E-state index >= 15 is 0 Å². The summed E-state index contributed by atoms with van der Waals surface area (Å²) in [4.78, 5) is 24.0. The summed E-state index contributed by atoms with van der Waals surface area (Å²) in [7, 11) is 0. The molecule has 0 bridgehead atoms. The topological polar surface area (TPSA) is 55.4 Å². The highest BCUT2D eigenvalue weighted by Crippen LogP contribution is 2.39. The monoisotopic (exact) mass is 267 g/mol. The standard InChI is InChI=1S/C16H13NO3/c1-2-20-16(19)17-13-9-5-8-11-10-6-3-4-7-12(10)15(18)14(11)13/h3-9H,2H2,1H3,(H,17,19). The smallest absolute Gasteiger partial charge is 0.411 e. The number of carbonyl (C=O) groups excluding carboxylic acids is 2. The van der Waals surface area contributed by atoms with Crippen molar-refractivity contribution in [3.8, 4) is 11.1 Å². The van der Waals surface area contributed by atoms with E-state index in [2.05, 4.69) is 5.32 Å². The number of benzene rings is 2. The van der Waals surface area contributed by atoms with E-state index < -0.39 is 6.09 Å². The predicted molar refractivity (Wildman–Crippen MR) is 76.0 cm³/mol. The second kappa shape index (κ2) is 4.81. The van der Waals surface area contributed by atoms with Crippen LogP contribution in [0.2, 0.25) is 0 Å². The summed E-state index contributed by atoms with van der Waals surface area (Å²) < 4.78 is 4.86. The van der Waals surface area contributed by atoms with Crippen molar-refractivity contribution in [3.63, 3.8) is 0 Å². The molecule has 0 fully saturated rings. The molecule has 1 amide bonds. The Morgan fingerprint density at radius 2 is 1.75 bits per heavy atom. The van der Waals surface area contributed by atoms with E-state index in [1.54, 1.807) is 19.1 Å². The summed E-state index contributed by atoms with van der Waals surface area (Å²) in [6, 6.07) is 12.8. The van der Waals surface area contributed by atoms with Crippen molar-refractivity contribution in [1.29, 1.82) is 0 Å². The Morgan fingerprint density at radius 1 is 1.05 bits per heavy atom. The molecule has 3 rings (SSSR count). The van der Waals surface area contributed by atoms with Crippen LogP contribution in [0.5, 0.6) is 0 Å². The molecule has 0 aromatic heterocycles. The number of carbonyl (C=O) groups is 2. The molecule has 0 spiro atoms. The van der Waals surface area contributed by atoms with Gasteiger partial charge < -0.3 is 4.74 Å². The summed E-state index contributed by atoms with van der Waals surface area (Å²) in [6.45, 7) is 2.02. The molecule has 0 unspecified atom stereocenters. The van der Waals surface area contributed by atoms with Gasteiger partial charge in [-0.15, -0.1) is 0 Å². The molecular weight excluding hydrogens is 254 g/mol. The van der Waals surface area contributed by atoms with Gasteiger partial charge in [0.25, 0.3) is 0 Å². The van der Waals surface area contributed by atoms with Crippen LogP contribution in [-0.4, -0.2) is 18.5 Å². The van der Waals surface area contributed by atoms with Crippen molar-refractivity contribution in [2.75, 3.05) is 11.9 Å². The second-order valence-electron chi connectivity index (χ2n) is 4.45. The lowest BCUT2D eigenvalue weighted by atomic mass is 10.0. The number of nitrogens with one attached hydrogen (secondary N) is 1. The summed E-state index contributed by atoms with van der Waals surface area (Å²) in [5.41, 5.74) is 3.43.